The van der Waals surface area contributed by atoms with Crippen LogP contribution in [-0.4, -0.2) is 12.2 Å². The molecular weight excluding hydrogens is 451 g/mol. The van der Waals surface area contributed by atoms with Crippen LogP contribution in [0.25, 0.3) is 0 Å². The molecule has 0 unspecified atom stereocenters. The van der Waals surface area contributed by atoms with Crippen molar-refractivity contribution in [3.05, 3.63) is 30.7 Å². The van der Waals surface area contributed by atoms with Crippen molar-refractivity contribution in [2.45, 2.75) is 25.7 Å². The van der Waals surface area contributed by atoms with E-state index in [1.165, 1.54) is 0 Å². The van der Waals surface area contributed by atoms with E-state index in [1.807, 2.05) is 18.2 Å². The fourth-order valence-electron chi connectivity index (χ4n) is 2.02. The number of aliphatic imine (C=N–C) groups is 1. The topological polar surface area (TPSA) is 67.5 Å². The molecule has 20 heavy (non-hydrogen) atoms. The SMILES string of the molecule is Nc1ccccc1N[C-]=NC(=O)C1CC[CH-]CC1.[La].[Rb+]. The molecule has 3 N–H and O–H groups in total. The number of hydrogen-bond donors (Lipinski definition) is 2. The molecule has 1 aliphatic rings. The molecule has 1 aliphatic carbocycles. The third kappa shape index (κ3) is 6.95. The summed E-state index contributed by atoms with van der Waals surface area (Å²) in [6, 6.07) is 7.31. The number of carbonyl (C=O) groups excluding carboxylic acids is 1. The zero-order valence-electron chi connectivity index (χ0n) is 11.8. The first-order valence-corrected chi connectivity index (χ1v) is 6.19. The van der Waals surface area contributed by atoms with Gasteiger partial charge in [-0.3, -0.25) is 0 Å². The van der Waals surface area contributed by atoms with E-state index < -0.39 is 0 Å². The van der Waals surface area contributed by atoms with Crippen molar-refractivity contribution in [3.63, 3.8) is 0 Å². The van der Waals surface area contributed by atoms with E-state index in [-0.39, 0.29) is 106 Å². The van der Waals surface area contributed by atoms with Crippen LogP contribution < -0.4 is 69.2 Å². The first-order valence-electron chi connectivity index (χ1n) is 6.19. The number of nitrogens with zero attached hydrogens (tertiary/aromatic N) is 1. The van der Waals surface area contributed by atoms with E-state index in [2.05, 4.69) is 23.1 Å². The van der Waals surface area contributed by atoms with Gasteiger partial charge in [-0.05, 0) is 23.4 Å². The van der Waals surface area contributed by atoms with Crippen molar-refractivity contribution in [1.82, 2.24) is 0 Å². The van der Waals surface area contributed by atoms with Crippen LogP contribution in [0.5, 0.6) is 0 Å². The molecule has 0 heterocycles. The van der Waals surface area contributed by atoms with Crippen molar-refractivity contribution < 1.29 is 98.6 Å². The number of rotatable bonds is 3. The van der Waals surface area contributed by atoms with E-state index in [4.69, 9.17) is 5.73 Å². The Morgan fingerprint density at radius 2 is 2.00 bits per heavy atom. The van der Waals surface area contributed by atoms with E-state index in [0.717, 1.165) is 25.7 Å². The zero-order chi connectivity index (χ0) is 12.8. The van der Waals surface area contributed by atoms with Crippen LogP contribution in [0, 0.1) is 47.9 Å². The summed E-state index contributed by atoms with van der Waals surface area (Å²) in [6.45, 7) is 0. The molecule has 0 atom stereocenters. The van der Waals surface area contributed by atoms with Gasteiger partial charge in [-0.25, -0.2) is 0 Å². The average Bonchev–Trinajstić information content (AvgIpc) is 2.42. The second-order valence-electron chi connectivity index (χ2n) is 4.41. The molecule has 2 rings (SSSR count). The Bertz CT molecular complexity index is 448. The number of nitrogens with one attached hydrogen (secondary N) is 1. The largest absolute Gasteiger partial charge is 1.00 e. The van der Waals surface area contributed by atoms with Crippen LogP contribution in [0.3, 0.4) is 0 Å². The van der Waals surface area contributed by atoms with Gasteiger partial charge >= 0.3 is 58.2 Å². The number of para-hydroxylation sites is 2. The number of anilines is 2. The predicted molar refractivity (Wildman–Crippen MR) is 73.2 cm³/mol. The van der Waals surface area contributed by atoms with Gasteiger partial charge in [0, 0.05) is 41.9 Å². The van der Waals surface area contributed by atoms with Gasteiger partial charge in [0.15, 0.2) is 0 Å². The monoisotopic (exact) mass is 467 g/mol. The number of carbonyl (C=O) groups is 1. The molecule has 0 aromatic heterocycles. The standard InChI is InChI=1S/C14H17N3O.La.Rb/c15-12-8-4-5-9-13(12)16-10-17-14(18)11-6-2-1-3-7-11;;/h1,4-5,8-9,11H,2-3,6-7,15H2,(H,16,17,18);;/q-2;;+1. The maximum absolute atomic E-state index is 11.8. The fraction of sp³-hybridized carbons (Fsp3) is 0.357. The Kier molecular flexibility index (Phi) is 12.4. The normalized spacial score (nSPS) is 15.2. The molecular formula is C14H17LaN3ORb-. The van der Waals surface area contributed by atoms with Crippen molar-refractivity contribution in [2.75, 3.05) is 11.1 Å². The minimum absolute atomic E-state index is 0. The molecule has 99 valence electrons. The molecule has 0 spiro atoms. The molecule has 1 aromatic carbocycles. The van der Waals surface area contributed by atoms with Gasteiger partial charge < -0.3 is 27.3 Å². The maximum atomic E-state index is 11.8. The van der Waals surface area contributed by atoms with Crippen molar-refractivity contribution in [1.29, 1.82) is 0 Å². The minimum Gasteiger partial charge on any atom is -0.450 e. The molecule has 1 aromatic rings. The smallest absolute Gasteiger partial charge is 0.450 e. The van der Waals surface area contributed by atoms with Crippen LogP contribution in [0.15, 0.2) is 29.3 Å². The van der Waals surface area contributed by atoms with E-state index in [1.54, 1.807) is 6.07 Å². The first-order chi connectivity index (χ1) is 8.77. The summed E-state index contributed by atoms with van der Waals surface area (Å²) in [4.78, 5) is 15.6. The zero-order valence-corrected chi connectivity index (χ0v) is 20.3. The third-order valence-electron chi connectivity index (χ3n) is 3.11. The van der Waals surface area contributed by atoms with Crippen molar-refractivity contribution in [3.8, 4) is 0 Å². The Morgan fingerprint density at radius 1 is 1.35 bits per heavy atom. The second kappa shape index (κ2) is 11.7. The second-order valence-corrected chi connectivity index (χ2v) is 4.41. The van der Waals surface area contributed by atoms with Gasteiger partial charge in [0.2, 0.25) is 0 Å². The third-order valence-corrected chi connectivity index (χ3v) is 3.11. The number of benzene rings is 1. The number of nitrogen functional groups attached to an aromatic ring is 1. The molecule has 1 fully saturated rings. The number of nitrogens with two attached hydrogens (primary N) is 1. The van der Waals surface area contributed by atoms with Crippen molar-refractivity contribution >= 4 is 23.6 Å². The van der Waals surface area contributed by atoms with Crippen LogP contribution in [0.2, 0.25) is 0 Å². The number of hydrogen-bond acceptors (Lipinski definition) is 2. The summed E-state index contributed by atoms with van der Waals surface area (Å²) in [7, 11) is 0. The predicted octanol–water partition coefficient (Wildman–Crippen LogP) is -0.489. The quantitative estimate of drug-likeness (QED) is 0.207. The van der Waals surface area contributed by atoms with Gasteiger partial charge in [-0.2, -0.15) is 12.8 Å². The fourth-order valence-corrected chi connectivity index (χ4v) is 2.02. The summed E-state index contributed by atoms with van der Waals surface area (Å²) >= 11 is 0. The summed E-state index contributed by atoms with van der Waals surface area (Å²) in [6.07, 6.45) is 8.61. The molecule has 1 saturated carbocycles. The van der Waals surface area contributed by atoms with Gasteiger partial charge in [0.05, 0.1) is 0 Å². The minimum atomic E-state index is -0.0925. The molecule has 1 radical (unpaired) electrons. The summed E-state index contributed by atoms with van der Waals surface area (Å²) in [5, 5.41) is 2.81. The van der Waals surface area contributed by atoms with Gasteiger partial charge in [0.25, 0.3) is 0 Å². The van der Waals surface area contributed by atoms with Crippen molar-refractivity contribution in [2.24, 2.45) is 10.9 Å². The summed E-state index contributed by atoms with van der Waals surface area (Å²) < 4.78 is 0. The van der Waals surface area contributed by atoms with E-state index in [9.17, 15) is 4.79 Å². The van der Waals surface area contributed by atoms with Crippen LogP contribution in [0.4, 0.5) is 11.4 Å². The number of amides is 1. The van der Waals surface area contributed by atoms with E-state index >= 15 is 0 Å². The Morgan fingerprint density at radius 3 is 2.65 bits per heavy atom. The molecule has 0 aliphatic heterocycles. The summed E-state index contributed by atoms with van der Waals surface area (Å²) in [5.41, 5.74) is 7.07. The van der Waals surface area contributed by atoms with Gasteiger partial charge in [0.1, 0.15) is 5.91 Å². The Hall–Kier alpha value is 1.16. The van der Waals surface area contributed by atoms with Crippen LogP contribution >= 0.6 is 0 Å². The molecule has 1 amide bonds. The maximum Gasteiger partial charge on any atom is 1.00 e. The Labute approximate surface area is 197 Å². The first kappa shape index (κ1) is 21.2. The molecule has 6 heteroatoms. The Balaban J connectivity index is 0.00000180. The van der Waals surface area contributed by atoms with Gasteiger partial charge in [-0.15, -0.1) is 0 Å². The van der Waals surface area contributed by atoms with E-state index in [0.29, 0.717) is 11.4 Å². The molecule has 0 bridgehead atoms. The molecule has 0 saturated heterocycles. The van der Waals surface area contributed by atoms with Crippen LogP contribution in [-0.2, 0) is 4.79 Å². The summed E-state index contributed by atoms with van der Waals surface area (Å²) in [5.74, 6) is -0.0393. The van der Waals surface area contributed by atoms with Crippen LogP contribution in [0.1, 0.15) is 25.7 Å². The molecule has 4 nitrogen and oxygen atoms in total. The average molecular weight is 468 g/mol. The van der Waals surface area contributed by atoms with Gasteiger partial charge in [-0.1, -0.05) is 31.0 Å².